The van der Waals surface area contributed by atoms with E-state index in [1.54, 1.807) is 17.4 Å². The van der Waals surface area contributed by atoms with Crippen molar-refractivity contribution >= 4 is 59.5 Å². The van der Waals surface area contributed by atoms with Crippen LogP contribution in [0.3, 0.4) is 0 Å². The molecule has 8 aromatic rings. The van der Waals surface area contributed by atoms with E-state index in [2.05, 4.69) is 102 Å². The summed E-state index contributed by atoms with van der Waals surface area (Å²) >= 11 is 1.71. The minimum absolute atomic E-state index is 0.219. The zero-order valence-electron chi connectivity index (χ0n) is 23.1. The molecular formula is C38H25N3OS. The number of aromatic hydroxyl groups is 1. The molecule has 3 heterocycles. The molecule has 0 aliphatic rings. The Morgan fingerprint density at radius 2 is 1.40 bits per heavy atom. The summed E-state index contributed by atoms with van der Waals surface area (Å²) in [5.41, 5.74) is 5.36. The van der Waals surface area contributed by atoms with E-state index in [4.69, 9.17) is 9.97 Å². The van der Waals surface area contributed by atoms with E-state index in [0.29, 0.717) is 0 Å². The van der Waals surface area contributed by atoms with Crippen LogP contribution in [0.2, 0.25) is 0 Å². The van der Waals surface area contributed by atoms with E-state index >= 15 is 0 Å². The first kappa shape index (κ1) is 25.2. The number of benzene rings is 5. The normalized spacial score (nSPS) is 11.3. The van der Waals surface area contributed by atoms with Gasteiger partial charge in [-0.2, -0.15) is 0 Å². The highest BCUT2D eigenvalue weighted by atomic mass is 32.1. The van der Waals surface area contributed by atoms with Crippen molar-refractivity contribution in [3.8, 4) is 28.3 Å². The van der Waals surface area contributed by atoms with Gasteiger partial charge in [0.1, 0.15) is 11.6 Å². The van der Waals surface area contributed by atoms with E-state index in [1.807, 2.05) is 42.6 Å². The molecular weight excluding hydrogens is 547 g/mol. The third-order valence-electron chi connectivity index (χ3n) is 7.81. The molecule has 0 spiro atoms. The molecule has 0 fully saturated rings. The Kier molecular flexibility index (Phi) is 6.09. The van der Waals surface area contributed by atoms with Crippen LogP contribution in [-0.2, 0) is 0 Å². The van der Waals surface area contributed by atoms with Gasteiger partial charge in [-0.05, 0) is 60.0 Å². The van der Waals surface area contributed by atoms with Crippen molar-refractivity contribution in [2.24, 2.45) is 0 Å². The number of fused-ring (bicyclic) bond motifs is 4. The van der Waals surface area contributed by atoms with Crippen molar-refractivity contribution < 1.29 is 5.11 Å². The number of anilines is 3. The van der Waals surface area contributed by atoms with Gasteiger partial charge < -0.3 is 5.11 Å². The molecule has 4 nitrogen and oxygen atoms in total. The lowest BCUT2D eigenvalue weighted by Gasteiger charge is -2.26. The van der Waals surface area contributed by atoms with E-state index in [9.17, 15) is 5.11 Å². The Hall–Kier alpha value is -5.52. The Morgan fingerprint density at radius 1 is 0.628 bits per heavy atom. The van der Waals surface area contributed by atoms with Gasteiger partial charge in [0.25, 0.3) is 0 Å². The van der Waals surface area contributed by atoms with Crippen molar-refractivity contribution in [1.29, 1.82) is 0 Å². The fourth-order valence-electron chi connectivity index (χ4n) is 5.82. The summed E-state index contributed by atoms with van der Waals surface area (Å²) in [6, 6.07) is 47.3. The van der Waals surface area contributed by atoms with Crippen LogP contribution < -0.4 is 4.90 Å². The van der Waals surface area contributed by atoms with Crippen LogP contribution in [-0.4, -0.2) is 15.1 Å². The van der Waals surface area contributed by atoms with Gasteiger partial charge in [-0.15, -0.1) is 11.3 Å². The highest BCUT2D eigenvalue weighted by Gasteiger charge is 2.19. The Bertz CT molecular complexity index is 2270. The molecule has 0 aliphatic carbocycles. The molecule has 0 saturated heterocycles. The van der Waals surface area contributed by atoms with E-state index < -0.39 is 0 Å². The van der Waals surface area contributed by atoms with Gasteiger partial charge in [0, 0.05) is 43.9 Å². The molecule has 0 radical (unpaired) electrons. The van der Waals surface area contributed by atoms with Crippen LogP contribution in [0.1, 0.15) is 0 Å². The third kappa shape index (κ3) is 4.38. The van der Waals surface area contributed by atoms with Crippen LogP contribution in [0, 0.1) is 0 Å². The highest BCUT2D eigenvalue weighted by Crippen LogP contribution is 2.44. The van der Waals surface area contributed by atoms with Gasteiger partial charge in [0.15, 0.2) is 0 Å². The van der Waals surface area contributed by atoms with E-state index in [1.165, 1.54) is 15.5 Å². The number of thiophene rings is 1. The number of pyridine rings is 2. The Morgan fingerprint density at radius 3 is 2.28 bits per heavy atom. The second kappa shape index (κ2) is 10.4. The number of para-hydroxylation sites is 1. The summed E-state index contributed by atoms with van der Waals surface area (Å²) in [6.45, 7) is 0. The summed E-state index contributed by atoms with van der Waals surface area (Å²) in [7, 11) is 0. The zero-order valence-corrected chi connectivity index (χ0v) is 23.9. The van der Waals surface area contributed by atoms with E-state index in [0.717, 1.165) is 55.2 Å². The molecule has 0 saturated carbocycles. The number of rotatable bonds is 5. The van der Waals surface area contributed by atoms with Gasteiger partial charge in [0.05, 0.1) is 21.8 Å². The second-order valence-corrected chi connectivity index (χ2v) is 11.5. The van der Waals surface area contributed by atoms with Gasteiger partial charge in [-0.1, -0.05) is 84.9 Å². The average molecular weight is 572 g/mol. The first-order valence-corrected chi connectivity index (χ1v) is 15.0. The molecule has 0 amide bonds. The van der Waals surface area contributed by atoms with Gasteiger partial charge in [0.2, 0.25) is 0 Å². The van der Waals surface area contributed by atoms with Crippen molar-refractivity contribution in [1.82, 2.24) is 9.97 Å². The molecule has 204 valence electrons. The average Bonchev–Trinajstić information content (AvgIpc) is 3.44. The maximum absolute atomic E-state index is 10.9. The second-order valence-electron chi connectivity index (χ2n) is 10.4. The molecule has 3 aromatic heterocycles. The van der Waals surface area contributed by atoms with Crippen molar-refractivity contribution in [2.45, 2.75) is 0 Å². The number of aromatic nitrogens is 2. The number of hydrogen-bond donors (Lipinski definition) is 1. The molecule has 0 atom stereocenters. The number of nitrogens with zero attached hydrogens (tertiary/aromatic N) is 3. The molecule has 0 aliphatic heterocycles. The molecule has 1 N–H and O–H groups in total. The Labute approximate surface area is 252 Å². The predicted octanol–water partition coefficient (Wildman–Crippen LogP) is 10.5. The quantitative estimate of drug-likeness (QED) is 0.223. The smallest absolute Gasteiger partial charge is 0.137 e. The first-order chi connectivity index (χ1) is 21.2. The summed E-state index contributed by atoms with van der Waals surface area (Å²) < 4.78 is 2.26. The fraction of sp³-hybridized carbons (Fsp3) is 0. The molecule has 0 bridgehead atoms. The number of phenols is 1. The SMILES string of the molecule is Oc1ccccc1-c1nc(-c2cccc(N(c3ccccn3)c3cccc4ccccc34)c2)cc2c1sc1ccccc12. The van der Waals surface area contributed by atoms with Crippen LogP contribution >= 0.6 is 11.3 Å². The van der Waals surface area contributed by atoms with Crippen molar-refractivity contribution in [2.75, 3.05) is 4.90 Å². The van der Waals surface area contributed by atoms with Gasteiger partial charge in [-0.25, -0.2) is 9.97 Å². The monoisotopic (exact) mass is 571 g/mol. The third-order valence-corrected chi connectivity index (χ3v) is 9.00. The number of phenolic OH excluding ortho intramolecular Hbond substituents is 1. The molecule has 5 heteroatoms. The molecule has 0 unspecified atom stereocenters. The molecule has 8 rings (SSSR count). The largest absolute Gasteiger partial charge is 0.507 e. The van der Waals surface area contributed by atoms with Crippen LogP contribution in [0.15, 0.2) is 146 Å². The Balaban J connectivity index is 1.36. The minimum Gasteiger partial charge on any atom is -0.507 e. The van der Waals surface area contributed by atoms with Crippen molar-refractivity contribution in [3.05, 3.63) is 146 Å². The summed E-state index contributed by atoms with van der Waals surface area (Å²) in [5.74, 6) is 1.05. The number of hydrogen-bond acceptors (Lipinski definition) is 5. The summed E-state index contributed by atoms with van der Waals surface area (Å²) in [4.78, 5) is 12.2. The molecule has 5 aromatic carbocycles. The highest BCUT2D eigenvalue weighted by molar-refractivity contribution is 7.26. The lowest BCUT2D eigenvalue weighted by atomic mass is 10.0. The fourth-order valence-corrected chi connectivity index (χ4v) is 7.00. The van der Waals surface area contributed by atoms with E-state index in [-0.39, 0.29) is 5.75 Å². The van der Waals surface area contributed by atoms with Crippen LogP contribution in [0.5, 0.6) is 5.75 Å². The topological polar surface area (TPSA) is 49.3 Å². The minimum atomic E-state index is 0.219. The summed E-state index contributed by atoms with van der Waals surface area (Å²) in [5, 5.41) is 15.5. The predicted molar refractivity (Wildman–Crippen MR) is 180 cm³/mol. The van der Waals surface area contributed by atoms with Crippen LogP contribution in [0.4, 0.5) is 17.2 Å². The van der Waals surface area contributed by atoms with Gasteiger partial charge >= 0.3 is 0 Å². The van der Waals surface area contributed by atoms with Crippen molar-refractivity contribution in [3.63, 3.8) is 0 Å². The standard InChI is InChI=1S/C38H25N3OS/c42-34-19-5-3-17-30(34)37-38-31(29-16-4-6-20-35(29)43-38)24-32(40-37)26-13-9-14-27(23-26)41(36-21-7-8-22-39-36)33-18-10-12-25-11-1-2-15-28(25)33/h1-24,42H. The molecule has 43 heavy (non-hydrogen) atoms. The zero-order chi connectivity index (χ0) is 28.8. The maximum Gasteiger partial charge on any atom is 0.137 e. The lowest BCUT2D eigenvalue weighted by molar-refractivity contribution is 0.477. The summed E-state index contributed by atoms with van der Waals surface area (Å²) in [6.07, 6.45) is 1.83. The first-order valence-electron chi connectivity index (χ1n) is 14.1. The lowest BCUT2D eigenvalue weighted by Crippen LogP contribution is -2.12. The van der Waals surface area contributed by atoms with Crippen LogP contribution in [0.25, 0.3) is 53.5 Å². The van der Waals surface area contributed by atoms with Gasteiger partial charge in [-0.3, -0.25) is 4.90 Å². The maximum atomic E-state index is 10.9.